The highest BCUT2D eigenvalue weighted by Gasteiger charge is 2.44. The van der Waals surface area contributed by atoms with Gasteiger partial charge in [0, 0.05) is 5.56 Å². The van der Waals surface area contributed by atoms with Crippen LogP contribution in [-0.2, 0) is 4.79 Å². The number of carbonyl (C=O) groups excluding carboxylic acids is 1. The quantitative estimate of drug-likeness (QED) is 0.814. The molecule has 2 aliphatic rings. The van der Waals surface area contributed by atoms with Gasteiger partial charge in [0.2, 0.25) is 0 Å². The van der Waals surface area contributed by atoms with Crippen molar-refractivity contribution in [2.24, 2.45) is 16.3 Å². The van der Waals surface area contributed by atoms with E-state index in [9.17, 15) is 9.18 Å². The second-order valence-corrected chi connectivity index (χ2v) is 8.09. The Morgan fingerprint density at radius 1 is 1.30 bits per heavy atom. The van der Waals surface area contributed by atoms with Crippen LogP contribution in [0.2, 0.25) is 5.02 Å². The monoisotopic (exact) mass is 336 g/mol. The first-order valence-electron chi connectivity index (χ1n) is 8.09. The molecule has 0 aromatic heterocycles. The molecule has 1 amide bonds. The number of halogens is 2. The highest BCUT2D eigenvalue weighted by molar-refractivity contribution is 6.47. The topological polar surface area (TPSA) is 41.5 Å². The number of hydrogen-bond acceptors (Lipinski definition) is 2. The maximum absolute atomic E-state index is 14.2. The summed E-state index contributed by atoms with van der Waals surface area (Å²) in [5.41, 5.74) is 0.0442. The maximum atomic E-state index is 14.2. The zero-order valence-electron chi connectivity index (χ0n) is 13.7. The molecule has 3 nitrogen and oxygen atoms in total. The fourth-order valence-corrected chi connectivity index (χ4v) is 3.81. The Balaban J connectivity index is 1.87. The van der Waals surface area contributed by atoms with Crippen LogP contribution in [0, 0.1) is 17.2 Å². The van der Waals surface area contributed by atoms with Crippen LogP contribution in [0.25, 0.3) is 0 Å². The van der Waals surface area contributed by atoms with Gasteiger partial charge in [-0.1, -0.05) is 38.4 Å². The smallest absolute Gasteiger partial charge is 0.272 e. The van der Waals surface area contributed by atoms with Crippen LogP contribution in [0.3, 0.4) is 0 Å². The number of amides is 1. The third-order valence-corrected chi connectivity index (χ3v) is 5.42. The number of benzene rings is 1. The fourth-order valence-electron chi connectivity index (χ4n) is 3.63. The third-order valence-electron chi connectivity index (χ3n) is 5.13. The molecule has 1 aliphatic heterocycles. The van der Waals surface area contributed by atoms with Crippen molar-refractivity contribution in [3.63, 3.8) is 0 Å². The Kier molecular flexibility index (Phi) is 3.99. The minimum atomic E-state index is -0.580. The average Bonchev–Trinajstić information content (AvgIpc) is 2.78. The first-order chi connectivity index (χ1) is 10.7. The van der Waals surface area contributed by atoms with E-state index >= 15 is 0 Å². The Hall–Kier alpha value is -1.42. The van der Waals surface area contributed by atoms with Gasteiger partial charge in [-0.2, -0.15) is 0 Å². The van der Waals surface area contributed by atoms with Crippen LogP contribution >= 0.6 is 11.6 Å². The van der Waals surface area contributed by atoms with Crippen molar-refractivity contribution in [2.75, 3.05) is 0 Å². The standard InChI is InChI=1S/C18H22ClFN2O/c1-17(2,3)11-7-9-18(10-8-11)21-15(16(23)22-18)12-5-4-6-13(19)14(12)20/h4-6,11H,7-10H2,1-3H3,(H,22,23). The minimum absolute atomic E-state index is 0.00962. The molecular formula is C18H22ClFN2O. The molecule has 1 heterocycles. The highest BCUT2D eigenvalue weighted by atomic mass is 35.5. The van der Waals surface area contributed by atoms with E-state index in [1.807, 2.05) is 0 Å². The lowest BCUT2D eigenvalue weighted by Crippen LogP contribution is -2.46. The molecule has 0 atom stereocenters. The molecule has 3 rings (SSSR count). The first-order valence-corrected chi connectivity index (χ1v) is 8.46. The molecule has 1 spiro atoms. The lowest BCUT2D eigenvalue weighted by Gasteiger charge is -2.40. The molecule has 1 N–H and O–H groups in total. The summed E-state index contributed by atoms with van der Waals surface area (Å²) < 4.78 is 14.2. The number of aliphatic imine (C=N–C) groups is 1. The van der Waals surface area contributed by atoms with Gasteiger partial charge >= 0.3 is 0 Å². The summed E-state index contributed by atoms with van der Waals surface area (Å²) in [5.74, 6) is -0.268. The van der Waals surface area contributed by atoms with Gasteiger partial charge in [0.25, 0.3) is 5.91 Å². The summed E-state index contributed by atoms with van der Waals surface area (Å²) in [6, 6.07) is 4.66. The Bertz CT molecular complexity index is 670. The van der Waals surface area contributed by atoms with Gasteiger partial charge in [-0.05, 0) is 49.1 Å². The molecular weight excluding hydrogens is 315 g/mol. The summed E-state index contributed by atoms with van der Waals surface area (Å²) in [5, 5.41) is 2.99. The van der Waals surface area contributed by atoms with Gasteiger partial charge in [-0.25, -0.2) is 4.39 Å². The molecule has 0 saturated heterocycles. The first kappa shape index (κ1) is 16.4. The zero-order valence-corrected chi connectivity index (χ0v) is 14.5. The van der Waals surface area contributed by atoms with Crippen LogP contribution in [0.4, 0.5) is 4.39 Å². The normalized spacial score (nSPS) is 28.0. The van der Waals surface area contributed by atoms with E-state index in [1.54, 1.807) is 12.1 Å². The van der Waals surface area contributed by atoms with Crippen LogP contribution in [-0.4, -0.2) is 17.3 Å². The largest absolute Gasteiger partial charge is 0.326 e. The van der Waals surface area contributed by atoms with Crippen molar-refractivity contribution in [1.29, 1.82) is 0 Å². The lowest BCUT2D eigenvalue weighted by atomic mass is 9.70. The average molecular weight is 337 g/mol. The van der Waals surface area contributed by atoms with Crippen molar-refractivity contribution < 1.29 is 9.18 Å². The van der Waals surface area contributed by atoms with Gasteiger partial charge in [-0.15, -0.1) is 0 Å². The van der Waals surface area contributed by atoms with Gasteiger partial charge in [0.05, 0.1) is 5.02 Å². The van der Waals surface area contributed by atoms with Gasteiger partial charge in [0.15, 0.2) is 5.82 Å². The maximum Gasteiger partial charge on any atom is 0.272 e. The van der Waals surface area contributed by atoms with E-state index in [0.717, 1.165) is 25.7 Å². The van der Waals surface area contributed by atoms with E-state index in [-0.39, 0.29) is 27.6 Å². The number of hydrogen-bond donors (Lipinski definition) is 1. The van der Waals surface area contributed by atoms with Crippen LogP contribution in [0.1, 0.15) is 52.0 Å². The lowest BCUT2D eigenvalue weighted by molar-refractivity contribution is -0.115. The molecule has 1 aromatic carbocycles. The molecule has 0 radical (unpaired) electrons. The fraction of sp³-hybridized carbons (Fsp3) is 0.556. The molecule has 23 heavy (non-hydrogen) atoms. The number of nitrogens with one attached hydrogen (secondary N) is 1. The van der Waals surface area contributed by atoms with E-state index in [4.69, 9.17) is 11.6 Å². The van der Waals surface area contributed by atoms with Crippen molar-refractivity contribution >= 4 is 23.2 Å². The molecule has 124 valence electrons. The van der Waals surface area contributed by atoms with E-state index < -0.39 is 11.5 Å². The minimum Gasteiger partial charge on any atom is -0.326 e. The molecule has 1 aliphatic carbocycles. The van der Waals surface area contributed by atoms with Crippen molar-refractivity contribution in [1.82, 2.24) is 5.32 Å². The van der Waals surface area contributed by atoms with Crippen LogP contribution in [0.5, 0.6) is 0 Å². The van der Waals surface area contributed by atoms with Crippen molar-refractivity contribution in [3.05, 3.63) is 34.6 Å². The second-order valence-electron chi connectivity index (χ2n) is 7.69. The summed E-state index contributed by atoms with van der Waals surface area (Å²) in [6.45, 7) is 6.75. The second kappa shape index (κ2) is 5.59. The summed E-state index contributed by atoms with van der Waals surface area (Å²) >= 11 is 5.82. The molecule has 1 fully saturated rings. The Labute approximate surface area is 141 Å². The SMILES string of the molecule is CC(C)(C)C1CCC2(CC1)N=C(c1cccc(Cl)c1F)C(=O)N2. The zero-order chi connectivity index (χ0) is 16.8. The number of rotatable bonds is 1. The predicted octanol–water partition coefficient (Wildman–Crippen LogP) is 4.33. The predicted molar refractivity (Wildman–Crippen MR) is 90.2 cm³/mol. The van der Waals surface area contributed by atoms with Crippen LogP contribution < -0.4 is 5.32 Å². The molecule has 0 bridgehead atoms. The van der Waals surface area contributed by atoms with E-state index in [1.165, 1.54) is 6.07 Å². The highest BCUT2D eigenvalue weighted by Crippen LogP contribution is 2.43. The summed E-state index contributed by atoms with van der Waals surface area (Å²) in [7, 11) is 0. The summed E-state index contributed by atoms with van der Waals surface area (Å²) in [4.78, 5) is 16.9. The Morgan fingerprint density at radius 2 is 1.96 bits per heavy atom. The summed E-state index contributed by atoms with van der Waals surface area (Å²) in [6.07, 6.45) is 3.62. The van der Waals surface area contributed by atoms with Gasteiger partial charge in [-0.3, -0.25) is 9.79 Å². The van der Waals surface area contributed by atoms with E-state index in [2.05, 4.69) is 31.1 Å². The molecule has 0 unspecified atom stereocenters. The van der Waals surface area contributed by atoms with Gasteiger partial charge in [0.1, 0.15) is 11.4 Å². The third kappa shape index (κ3) is 3.01. The number of nitrogens with zero attached hydrogens (tertiary/aromatic N) is 1. The van der Waals surface area contributed by atoms with Crippen molar-refractivity contribution in [3.8, 4) is 0 Å². The van der Waals surface area contributed by atoms with Crippen LogP contribution in [0.15, 0.2) is 23.2 Å². The van der Waals surface area contributed by atoms with Gasteiger partial charge < -0.3 is 5.32 Å². The van der Waals surface area contributed by atoms with Crippen molar-refractivity contribution in [2.45, 2.75) is 52.1 Å². The van der Waals surface area contributed by atoms with E-state index in [0.29, 0.717) is 5.92 Å². The molecule has 1 aromatic rings. The Morgan fingerprint density at radius 3 is 2.57 bits per heavy atom. The molecule has 5 heteroatoms. The number of carbonyl (C=O) groups is 1. The molecule has 1 saturated carbocycles.